The summed E-state index contributed by atoms with van der Waals surface area (Å²) in [4.78, 5) is 6.59. The van der Waals surface area contributed by atoms with E-state index in [0.717, 1.165) is 29.9 Å². The van der Waals surface area contributed by atoms with E-state index in [0.29, 0.717) is 36.2 Å². The van der Waals surface area contributed by atoms with Crippen molar-refractivity contribution in [3.63, 3.8) is 0 Å². The van der Waals surface area contributed by atoms with Crippen molar-refractivity contribution in [2.75, 3.05) is 31.2 Å². The van der Waals surface area contributed by atoms with Crippen LogP contribution in [-0.4, -0.2) is 51.2 Å². The molecule has 0 saturated carbocycles. The Morgan fingerprint density at radius 1 is 0.968 bits per heavy atom. The molecule has 0 amide bonds. The molecule has 8 nitrogen and oxygen atoms in total. The first-order valence-electron chi connectivity index (χ1n) is 9.83. The summed E-state index contributed by atoms with van der Waals surface area (Å²) in [6, 6.07) is 16.0. The van der Waals surface area contributed by atoms with Crippen molar-refractivity contribution in [2.45, 2.75) is 10.9 Å². The van der Waals surface area contributed by atoms with Crippen molar-refractivity contribution >= 4 is 17.7 Å². The van der Waals surface area contributed by atoms with E-state index in [1.807, 2.05) is 34.9 Å². The van der Waals surface area contributed by atoms with Gasteiger partial charge in [-0.05, 0) is 36.4 Å². The number of para-hydroxylation sites is 1. The predicted octanol–water partition coefficient (Wildman–Crippen LogP) is 3.59. The van der Waals surface area contributed by atoms with Crippen molar-refractivity contribution in [3.8, 4) is 17.1 Å². The normalized spacial score (nSPS) is 14.2. The molecule has 0 spiro atoms. The molecule has 0 atom stereocenters. The van der Waals surface area contributed by atoms with E-state index in [4.69, 9.17) is 9.26 Å². The summed E-state index contributed by atoms with van der Waals surface area (Å²) in [7, 11) is 0. The fraction of sp³-hybridized carbons (Fsp3) is 0.238. The summed E-state index contributed by atoms with van der Waals surface area (Å²) >= 11 is 1.48. The van der Waals surface area contributed by atoms with Gasteiger partial charge in [0, 0.05) is 18.7 Å². The summed E-state index contributed by atoms with van der Waals surface area (Å²) in [6.07, 6.45) is 0. The topological polar surface area (TPSA) is 82.1 Å². The van der Waals surface area contributed by atoms with Gasteiger partial charge >= 0.3 is 0 Å². The molecule has 4 aromatic rings. The zero-order chi connectivity index (χ0) is 21.0. The van der Waals surface area contributed by atoms with Gasteiger partial charge in [-0.3, -0.25) is 4.57 Å². The van der Waals surface area contributed by atoms with Crippen LogP contribution < -0.4 is 4.90 Å². The van der Waals surface area contributed by atoms with Crippen LogP contribution in [0.3, 0.4) is 0 Å². The van der Waals surface area contributed by atoms with Crippen LogP contribution in [0.5, 0.6) is 0 Å². The SMILES string of the molecule is Fc1ccc(-c2nc(CSc3nnc(N4CCOCC4)n3-c3ccccc3)no2)cc1. The van der Waals surface area contributed by atoms with Gasteiger partial charge in [-0.15, -0.1) is 10.2 Å². The third-order valence-corrected chi connectivity index (χ3v) is 5.74. The number of hydrogen-bond donors (Lipinski definition) is 0. The lowest BCUT2D eigenvalue weighted by molar-refractivity contribution is 0.122. The Hall–Kier alpha value is -3.24. The van der Waals surface area contributed by atoms with Crippen molar-refractivity contribution in [3.05, 3.63) is 66.2 Å². The molecule has 31 heavy (non-hydrogen) atoms. The molecule has 3 heterocycles. The number of aromatic nitrogens is 5. The Balaban J connectivity index is 1.38. The molecule has 1 fully saturated rings. The second-order valence-electron chi connectivity index (χ2n) is 6.86. The smallest absolute Gasteiger partial charge is 0.257 e. The Morgan fingerprint density at radius 2 is 1.74 bits per heavy atom. The second-order valence-corrected chi connectivity index (χ2v) is 7.81. The van der Waals surface area contributed by atoms with Crippen LogP contribution in [0, 0.1) is 5.82 Å². The first-order valence-corrected chi connectivity index (χ1v) is 10.8. The maximum absolute atomic E-state index is 13.1. The fourth-order valence-electron chi connectivity index (χ4n) is 3.28. The van der Waals surface area contributed by atoms with Crippen molar-refractivity contribution in [1.82, 2.24) is 24.9 Å². The summed E-state index contributed by atoms with van der Waals surface area (Å²) in [6.45, 7) is 2.86. The Kier molecular flexibility index (Phi) is 5.63. The molecular formula is C21H19FN6O2S. The molecule has 2 aromatic carbocycles. The minimum Gasteiger partial charge on any atom is -0.378 e. The third-order valence-electron chi connectivity index (χ3n) is 4.81. The molecule has 10 heteroatoms. The quantitative estimate of drug-likeness (QED) is 0.423. The average molecular weight is 438 g/mol. The Morgan fingerprint density at radius 3 is 2.52 bits per heavy atom. The lowest BCUT2D eigenvalue weighted by Gasteiger charge is -2.27. The highest BCUT2D eigenvalue weighted by Crippen LogP contribution is 2.29. The standard InChI is InChI=1S/C21H19FN6O2S/c22-16-8-6-15(7-9-16)19-23-18(26-30-19)14-31-21-25-24-20(27-10-12-29-13-11-27)28(21)17-4-2-1-3-5-17/h1-9H,10-14H2. The number of thioether (sulfide) groups is 1. The Labute approximate surface area is 182 Å². The van der Waals surface area contributed by atoms with Crippen molar-refractivity contribution in [2.24, 2.45) is 0 Å². The largest absolute Gasteiger partial charge is 0.378 e. The van der Waals surface area contributed by atoms with Gasteiger partial charge in [0.1, 0.15) is 5.82 Å². The number of halogens is 1. The zero-order valence-corrected chi connectivity index (χ0v) is 17.3. The molecule has 1 aliphatic heterocycles. The number of anilines is 1. The fourth-order valence-corrected chi connectivity index (χ4v) is 4.07. The van der Waals surface area contributed by atoms with E-state index >= 15 is 0 Å². The van der Waals surface area contributed by atoms with Crippen LogP contribution in [0.4, 0.5) is 10.3 Å². The lowest BCUT2D eigenvalue weighted by Crippen LogP contribution is -2.37. The van der Waals surface area contributed by atoms with Crippen LogP contribution in [0.15, 0.2) is 64.3 Å². The van der Waals surface area contributed by atoms with Crippen LogP contribution in [-0.2, 0) is 10.5 Å². The first-order chi connectivity index (χ1) is 15.3. The van der Waals surface area contributed by atoms with Gasteiger partial charge in [0.2, 0.25) is 5.95 Å². The van der Waals surface area contributed by atoms with E-state index in [1.165, 1.54) is 23.9 Å². The van der Waals surface area contributed by atoms with E-state index < -0.39 is 0 Å². The summed E-state index contributed by atoms with van der Waals surface area (Å²) < 4.78 is 26.0. The molecular weight excluding hydrogens is 419 g/mol. The van der Waals surface area contributed by atoms with E-state index in [1.54, 1.807) is 12.1 Å². The summed E-state index contributed by atoms with van der Waals surface area (Å²) in [5.74, 6) is 1.82. The third kappa shape index (κ3) is 4.30. The highest BCUT2D eigenvalue weighted by Gasteiger charge is 2.22. The van der Waals surface area contributed by atoms with Gasteiger partial charge in [-0.2, -0.15) is 4.98 Å². The van der Waals surface area contributed by atoms with Gasteiger partial charge in [-0.25, -0.2) is 4.39 Å². The van der Waals surface area contributed by atoms with Gasteiger partial charge in [0.05, 0.1) is 24.7 Å². The van der Waals surface area contributed by atoms with Crippen LogP contribution in [0.25, 0.3) is 17.1 Å². The summed E-state index contributed by atoms with van der Waals surface area (Å²) in [5, 5.41) is 13.7. The molecule has 0 bridgehead atoms. The maximum Gasteiger partial charge on any atom is 0.257 e. The van der Waals surface area contributed by atoms with E-state index in [2.05, 4.69) is 25.2 Å². The Bertz CT molecular complexity index is 1140. The van der Waals surface area contributed by atoms with Crippen LogP contribution in [0.1, 0.15) is 5.82 Å². The minimum atomic E-state index is -0.310. The molecule has 2 aromatic heterocycles. The maximum atomic E-state index is 13.1. The highest BCUT2D eigenvalue weighted by molar-refractivity contribution is 7.98. The molecule has 158 valence electrons. The number of ether oxygens (including phenoxy) is 1. The molecule has 0 N–H and O–H groups in total. The first kappa shape index (κ1) is 19.7. The second kappa shape index (κ2) is 8.86. The predicted molar refractivity (Wildman–Crippen MR) is 114 cm³/mol. The minimum absolute atomic E-state index is 0.310. The molecule has 1 saturated heterocycles. The summed E-state index contributed by atoms with van der Waals surface area (Å²) in [5.41, 5.74) is 1.66. The number of hydrogen-bond acceptors (Lipinski definition) is 8. The van der Waals surface area contributed by atoms with Crippen molar-refractivity contribution < 1.29 is 13.7 Å². The number of benzene rings is 2. The number of rotatable bonds is 6. The van der Waals surface area contributed by atoms with Crippen LogP contribution in [0.2, 0.25) is 0 Å². The lowest BCUT2D eigenvalue weighted by atomic mass is 10.2. The highest BCUT2D eigenvalue weighted by atomic mass is 32.2. The molecule has 1 aliphatic rings. The monoisotopic (exact) mass is 438 g/mol. The number of morpholine rings is 1. The zero-order valence-electron chi connectivity index (χ0n) is 16.5. The molecule has 5 rings (SSSR count). The van der Waals surface area contributed by atoms with E-state index in [-0.39, 0.29) is 5.82 Å². The molecule has 0 radical (unpaired) electrons. The molecule has 0 aliphatic carbocycles. The van der Waals surface area contributed by atoms with Gasteiger partial charge in [0.25, 0.3) is 5.89 Å². The average Bonchev–Trinajstić information content (AvgIpc) is 3.47. The van der Waals surface area contributed by atoms with E-state index in [9.17, 15) is 4.39 Å². The van der Waals surface area contributed by atoms with Crippen molar-refractivity contribution in [1.29, 1.82) is 0 Å². The number of nitrogens with zero attached hydrogens (tertiary/aromatic N) is 6. The van der Waals surface area contributed by atoms with Gasteiger partial charge in [0.15, 0.2) is 11.0 Å². The van der Waals surface area contributed by atoms with Gasteiger partial charge < -0.3 is 14.2 Å². The van der Waals surface area contributed by atoms with Gasteiger partial charge in [-0.1, -0.05) is 35.1 Å². The molecule has 0 unspecified atom stereocenters. The van der Waals surface area contributed by atoms with Crippen LogP contribution >= 0.6 is 11.8 Å².